The fourth-order valence-electron chi connectivity index (χ4n) is 4.01. The lowest BCUT2D eigenvalue weighted by atomic mass is 10.0. The highest BCUT2D eigenvalue weighted by atomic mass is 35.5. The lowest BCUT2D eigenvalue weighted by Gasteiger charge is -2.11. The summed E-state index contributed by atoms with van der Waals surface area (Å²) in [4.78, 5) is 26.7. The Balaban J connectivity index is 1.87. The van der Waals surface area contributed by atoms with Crippen molar-refractivity contribution in [2.45, 2.75) is 39.5 Å². The largest absolute Gasteiger partial charge is 0.493 e. The number of esters is 1. The molecule has 0 radical (unpaired) electrons. The quantitative estimate of drug-likeness (QED) is 0.104. The third-order valence-corrected chi connectivity index (χ3v) is 7.19. The number of amides is 1. The molecule has 0 fully saturated rings. The third-order valence-electron chi connectivity index (χ3n) is 5.93. The van der Waals surface area contributed by atoms with E-state index in [4.69, 9.17) is 25.8 Å². The van der Waals surface area contributed by atoms with Crippen molar-refractivity contribution in [1.29, 1.82) is 5.26 Å². The van der Waals surface area contributed by atoms with Crippen LogP contribution in [0.1, 0.15) is 53.4 Å². The normalized spacial score (nSPS) is 11.0. The summed E-state index contributed by atoms with van der Waals surface area (Å²) >= 11 is 7.39. The van der Waals surface area contributed by atoms with Crippen LogP contribution in [0.3, 0.4) is 0 Å². The van der Waals surface area contributed by atoms with Crippen LogP contribution in [0, 0.1) is 18.3 Å². The van der Waals surface area contributed by atoms with Gasteiger partial charge in [0.05, 0.1) is 20.8 Å². The number of methoxy groups -OCH3 is 2. The van der Waals surface area contributed by atoms with Crippen molar-refractivity contribution in [3.63, 3.8) is 0 Å². The highest BCUT2D eigenvalue weighted by Crippen LogP contribution is 2.41. The minimum Gasteiger partial charge on any atom is -0.493 e. The van der Waals surface area contributed by atoms with Gasteiger partial charge < -0.3 is 19.5 Å². The number of hydrogen-bond acceptors (Lipinski definition) is 7. The Labute approximate surface area is 238 Å². The van der Waals surface area contributed by atoms with Gasteiger partial charge in [0.15, 0.2) is 11.5 Å². The van der Waals surface area contributed by atoms with Crippen LogP contribution < -0.4 is 14.8 Å². The standard InChI is InChI=1S/C30H31ClN2O5S/c1-5-6-7-8-14-38-24-13-12-20(16-25(24)36-3)15-22(18-32)28(34)33-29-27(30(35)37-4)26(19(2)39-29)21-10-9-11-23(31)17-21/h9-13,15-17H,5-8,14H2,1-4H3,(H,33,34)/b22-15+. The summed E-state index contributed by atoms with van der Waals surface area (Å²) in [6.07, 6.45) is 5.82. The summed E-state index contributed by atoms with van der Waals surface area (Å²) in [7, 11) is 2.81. The minimum atomic E-state index is -0.656. The zero-order valence-electron chi connectivity index (χ0n) is 22.4. The molecule has 7 nitrogen and oxygen atoms in total. The highest BCUT2D eigenvalue weighted by Gasteiger charge is 2.26. The minimum absolute atomic E-state index is 0.142. The predicted molar refractivity (Wildman–Crippen MR) is 156 cm³/mol. The molecule has 0 saturated carbocycles. The molecule has 1 amide bonds. The van der Waals surface area contributed by atoms with Gasteiger partial charge in [-0.2, -0.15) is 5.26 Å². The first-order valence-electron chi connectivity index (χ1n) is 12.5. The van der Waals surface area contributed by atoms with Gasteiger partial charge in [-0.1, -0.05) is 56.0 Å². The molecule has 2 aromatic carbocycles. The summed E-state index contributed by atoms with van der Waals surface area (Å²) < 4.78 is 16.3. The maximum Gasteiger partial charge on any atom is 0.341 e. The maximum absolute atomic E-state index is 13.1. The number of ether oxygens (including phenoxy) is 3. The lowest BCUT2D eigenvalue weighted by Crippen LogP contribution is -2.15. The number of nitriles is 1. The Morgan fingerprint density at radius 3 is 2.56 bits per heavy atom. The smallest absolute Gasteiger partial charge is 0.341 e. The van der Waals surface area contributed by atoms with Crippen LogP contribution in [0.2, 0.25) is 5.02 Å². The number of unbranched alkanes of at least 4 members (excludes halogenated alkanes) is 3. The van der Waals surface area contributed by atoms with Crippen molar-refractivity contribution >= 4 is 45.9 Å². The van der Waals surface area contributed by atoms with E-state index in [1.807, 2.05) is 19.1 Å². The third kappa shape index (κ3) is 7.62. The zero-order valence-corrected chi connectivity index (χ0v) is 24.0. The van der Waals surface area contributed by atoms with Gasteiger partial charge in [-0.3, -0.25) is 4.79 Å². The molecule has 0 atom stereocenters. The molecule has 0 aliphatic rings. The molecule has 0 aliphatic carbocycles. The van der Waals surface area contributed by atoms with E-state index >= 15 is 0 Å². The first-order chi connectivity index (χ1) is 18.8. The van der Waals surface area contributed by atoms with E-state index in [0.29, 0.717) is 39.8 Å². The Kier molecular flexibility index (Phi) is 11.0. The number of hydrogen-bond donors (Lipinski definition) is 1. The summed E-state index contributed by atoms with van der Waals surface area (Å²) in [6.45, 7) is 4.57. The molecule has 0 spiro atoms. The number of anilines is 1. The molecule has 0 bridgehead atoms. The topological polar surface area (TPSA) is 97.7 Å². The van der Waals surface area contributed by atoms with E-state index in [-0.39, 0.29) is 16.1 Å². The number of thiophene rings is 1. The first kappa shape index (κ1) is 29.8. The number of carbonyl (C=O) groups excluding carboxylic acids is 2. The second-order valence-electron chi connectivity index (χ2n) is 8.68. The van der Waals surface area contributed by atoms with Crippen LogP contribution in [0.4, 0.5) is 5.00 Å². The van der Waals surface area contributed by atoms with Crippen molar-refractivity contribution in [2.75, 3.05) is 26.1 Å². The van der Waals surface area contributed by atoms with Crippen molar-refractivity contribution in [1.82, 2.24) is 0 Å². The molecule has 204 valence electrons. The van der Waals surface area contributed by atoms with Crippen LogP contribution >= 0.6 is 22.9 Å². The molecule has 1 N–H and O–H groups in total. The van der Waals surface area contributed by atoms with Crippen molar-refractivity contribution in [3.8, 4) is 28.7 Å². The average Bonchev–Trinajstić information content (AvgIpc) is 3.26. The number of nitrogens with one attached hydrogen (secondary N) is 1. The van der Waals surface area contributed by atoms with Crippen LogP contribution in [0.25, 0.3) is 17.2 Å². The van der Waals surface area contributed by atoms with Gasteiger partial charge in [0.25, 0.3) is 5.91 Å². The van der Waals surface area contributed by atoms with Gasteiger partial charge in [0.2, 0.25) is 0 Å². The molecular weight excluding hydrogens is 536 g/mol. The summed E-state index contributed by atoms with van der Waals surface area (Å²) in [5.41, 5.74) is 1.98. The molecule has 9 heteroatoms. The molecule has 0 aliphatic heterocycles. The fourth-order valence-corrected chi connectivity index (χ4v) is 5.26. The molecule has 3 rings (SSSR count). The monoisotopic (exact) mass is 566 g/mol. The molecule has 39 heavy (non-hydrogen) atoms. The molecule has 3 aromatic rings. The SMILES string of the molecule is CCCCCCOc1ccc(/C=C(\C#N)C(=O)Nc2sc(C)c(-c3cccc(Cl)c3)c2C(=O)OC)cc1OC. The van der Waals surface area contributed by atoms with Gasteiger partial charge in [-0.15, -0.1) is 11.3 Å². The molecule has 1 aromatic heterocycles. The average molecular weight is 567 g/mol. The molecular formula is C30H31ClN2O5S. The van der Waals surface area contributed by atoms with E-state index in [1.54, 1.807) is 36.4 Å². The Bertz CT molecular complexity index is 1410. The lowest BCUT2D eigenvalue weighted by molar-refractivity contribution is -0.112. The predicted octanol–water partition coefficient (Wildman–Crippen LogP) is 7.68. The van der Waals surface area contributed by atoms with Crippen LogP contribution in [0.15, 0.2) is 48.0 Å². The summed E-state index contributed by atoms with van der Waals surface area (Å²) in [5.74, 6) is -0.164. The number of aryl methyl sites for hydroxylation is 1. The van der Waals surface area contributed by atoms with Gasteiger partial charge in [-0.05, 0) is 54.8 Å². The Morgan fingerprint density at radius 1 is 1.10 bits per heavy atom. The second kappa shape index (κ2) is 14.4. The number of carbonyl (C=O) groups is 2. The van der Waals surface area contributed by atoms with E-state index < -0.39 is 11.9 Å². The maximum atomic E-state index is 13.1. The van der Waals surface area contributed by atoms with Crippen molar-refractivity contribution in [3.05, 3.63) is 69.1 Å². The molecule has 0 unspecified atom stereocenters. The first-order valence-corrected chi connectivity index (χ1v) is 13.7. The van der Waals surface area contributed by atoms with E-state index in [0.717, 1.165) is 30.6 Å². The number of rotatable bonds is 12. The van der Waals surface area contributed by atoms with Crippen LogP contribution in [0.5, 0.6) is 11.5 Å². The summed E-state index contributed by atoms with van der Waals surface area (Å²) in [5, 5.41) is 13.3. The second-order valence-corrected chi connectivity index (χ2v) is 10.3. The highest BCUT2D eigenvalue weighted by molar-refractivity contribution is 7.17. The van der Waals surface area contributed by atoms with E-state index in [9.17, 15) is 14.9 Å². The zero-order chi connectivity index (χ0) is 28.4. The Morgan fingerprint density at radius 2 is 1.90 bits per heavy atom. The van der Waals surface area contributed by atoms with Gasteiger partial charge >= 0.3 is 5.97 Å². The van der Waals surface area contributed by atoms with Gasteiger partial charge in [0, 0.05) is 15.5 Å². The number of nitrogens with zero attached hydrogens (tertiary/aromatic N) is 1. The van der Waals surface area contributed by atoms with Gasteiger partial charge in [0.1, 0.15) is 22.2 Å². The van der Waals surface area contributed by atoms with E-state index in [1.165, 1.54) is 31.6 Å². The molecule has 0 saturated heterocycles. The number of halogens is 1. The van der Waals surface area contributed by atoms with Crippen LogP contribution in [-0.2, 0) is 9.53 Å². The van der Waals surface area contributed by atoms with Crippen molar-refractivity contribution < 1.29 is 23.8 Å². The Hall–Kier alpha value is -3.80. The van der Waals surface area contributed by atoms with Crippen molar-refractivity contribution in [2.24, 2.45) is 0 Å². The summed E-state index contributed by atoms with van der Waals surface area (Å²) in [6, 6.07) is 14.2. The van der Waals surface area contributed by atoms with Gasteiger partial charge in [-0.25, -0.2) is 4.79 Å². The van der Waals surface area contributed by atoms with Crippen LogP contribution in [-0.4, -0.2) is 32.7 Å². The van der Waals surface area contributed by atoms with E-state index in [2.05, 4.69) is 12.2 Å². The fraction of sp³-hybridized carbons (Fsp3) is 0.300. The number of benzene rings is 2. The molecule has 1 heterocycles.